The molecule has 0 rings (SSSR count). The zero-order chi connectivity index (χ0) is 40.8. The fraction of sp³-hybridized carbons (Fsp3) is 0.740. The van der Waals surface area contributed by atoms with Crippen LogP contribution in [0.3, 0.4) is 0 Å². The van der Waals surface area contributed by atoms with Crippen LogP contribution >= 0.6 is 0 Å². The van der Waals surface area contributed by atoms with Crippen molar-refractivity contribution in [1.29, 1.82) is 0 Å². The van der Waals surface area contributed by atoms with Crippen molar-refractivity contribution < 1.29 is 28.6 Å². The van der Waals surface area contributed by atoms with Crippen LogP contribution in [0.4, 0.5) is 0 Å². The molecule has 0 saturated heterocycles. The third kappa shape index (κ3) is 42.3. The number of esters is 3. The van der Waals surface area contributed by atoms with Crippen LogP contribution < -0.4 is 0 Å². The maximum Gasteiger partial charge on any atom is 0.306 e. The number of ether oxygens (including phenoxy) is 3. The minimum Gasteiger partial charge on any atom is -0.462 e. The van der Waals surface area contributed by atoms with Gasteiger partial charge in [0.05, 0.1) is 0 Å². The molecule has 1 atom stereocenters. The highest BCUT2D eigenvalue weighted by Gasteiger charge is 2.19. The second-order valence-electron chi connectivity index (χ2n) is 15.3. The molecular weight excluding hydrogens is 697 g/mol. The van der Waals surface area contributed by atoms with Crippen molar-refractivity contribution >= 4 is 17.9 Å². The molecule has 0 saturated carbocycles. The molecule has 0 aromatic carbocycles. The SMILES string of the molecule is CC/C=C\C/C=C\C/C=C\C/C=C\C/C=C\CCCCCCCCCCCC(=O)OCC(COC(=O)CCCCCCCC)OC(=O)CCCCCCCCC. The average molecular weight is 783 g/mol. The largest absolute Gasteiger partial charge is 0.462 e. The van der Waals surface area contributed by atoms with Gasteiger partial charge in [0.2, 0.25) is 0 Å². The highest BCUT2D eigenvalue weighted by atomic mass is 16.6. The molecule has 0 heterocycles. The number of allylic oxidation sites excluding steroid dienone is 10. The quantitative estimate of drug-likeness (QED) is 0.0266. The first-order chi connectivity index (χ1) is 27.5. The Morgan fingerprint density at radius 2 is 0.696 bits per heavy atom. The summed E-state index contributed by atoms with van der Waals surface area (Å²) in [6, 6.07) is 0. The van der Waals surface area contributed by atoms with Crippen molar-refractivity contribution in [1.82, 2.24) is 0 Å². The van der Waals surface area contributed by atoms with Crippen molar-refractivity contribution in [2.45, 2.75) is 226 Å². The lowest BCUT2D eigenvalue weighted by Gasteiger charge is -2.18. The van der Waals surface area contributed by atoms with Crippen molar-refractivity contribution in [2.24, 2.45) is 0 Å². The van der Waals surface area contributed by atoms with Gasteiger partial charge in [-0.05, 0) is 64.2 Å². The Hall–Kier alpha value is -2.89. The normalized spacial score (nSPS) is 12.6. The van der Waals surface area contributed by atoms with E-state index < -0.39 is 6.10 Å². The van der Waals surface area contributed by atoms with Crippen LogP contribution in [0.5, 0.6) is 0 Å². The standard InChI is InChI=1S/C50H86O6/c1-4-7-10-13-16-17-18-19-20-21-22-23-24-25-26-27-28-29-30-31-32-33-35-37-40-43-49(52)55-46-47(45-54-48(51)42-39-36-15-12-9-6-3)56-50(53)44-41-38-34-14-11-8-5-2/h7,10,16-17,19-20,22-23,25-26,47H,4-6,8-9,11-15,18,21,24,27-46H2,1-3H3/b10-7-,17-16-,20-19-,23-22-,26-25-. The summed E-state index contributed by atoms with van der Waals surface area (Å²) in [6.07, 6.45) is 53.9. The zero-order valence-electron chi connectivity index (χ0n) is 36.6. The first-order valence-corrected chi connectivity index (χ1v) is 23.3. The minimum absolute atomic E-state index is 0.0753. The number of carbonyl (C=O) groups excluding carboxylic acids is 3. The van der Waals surface area contributed by atoms with Crippen molar-refractivity contribution in [3.8, 4) is 0 Å². The average Bonchev–Trinajstić information content (AvgIpc) is 3.19. The Morgan fingerprint density at radius 3 is 1.09 bits per heavy atom. The Morgan fingerprint density at radius 1 is 0.375 bits per heavy atom. The van der Waals surface area contributed by atoms with E-state index in [1.165, 1.54) is 83.5 Å². The van der Waals surface area contributed by atoms with Crippen molar-refractivity contribution in [3.63, 3.8) is 0 Å². The molecule has 0 fully saturated rings. The zero-order valence-corrected chi connectivity index (χ0v) is 36.6. The lowest BCUT2D eigenvalue weighted by molar-refractivity contribution is -0.167. The van der Waals surface area contributed by atoms with Crippen LogP contribution in [0.25, 0.3) is 0 Å². The van der Waals surface area contributed by atoms with E-state index in [0.717, 1.165) is 96.3 Å². The molecular formula is C50H86O6. The second kappa shape index (κ2) is 44.8. The molecule has 0 N–H and O–H groups in total. The summed E-state index contributed by atoms with van der Waals surface area (Å²) in [5, 5.41) is 0. The van der Waals surface area contributed by atoms with Gasteiger partial charge in [-0.3, -0.25) is 14.4 Å². The predicted molar refractivity (Wildman–Crippen MR) is 238 cm³/mol. The number of unbranched alkanes of at least 4 members (excludes halogenated alkanes) is 20. The monoisotopic (exact) mass is 783 g/mol. The molecule has 6 nitrogen and oxygen atoms in total. The molecule has 6 heteroatoms. The fourth-order valence-corrected chi connectivity index (χ4v) is 6.29. The highest BCUT2D eigenvalue weighted by molar-refractivity contribution is 5.71. The Kier molecular flexibility index (Phi) is 42.5. The van der Waals surface area contributed by atoms with Gasteiger partial charge in [-0.15, -0.1) is 0 Å². The van der Waals surface area contributed by atoms with Gasteiger partial charge in [0.15, 0.2) is 6.10 Å². The van der Waals surface area contributed by atoms with Crippen LogP contribution in [0, 0.1) is 0 Å². The van der Waals surface area contributed by atoms with Gasteiger partial charge >= 0.3 is 17.9 Å². The van der Waals surface area contributed by atoms with E-state index in [1.807, 2.05) is 0 Å². The molecule has 0 aliphatic carbocycles. The Bertz CT molecular complexity index is 1040. The number of carbonyl (C=O) groups is 3. The molecule has 0 aliphatic heterocycles. The number of hydrogen-bond acceptors (Lipinski definition) is 6. The third-order valence-corrected chi connectivity index (χ3v) is 9.79. The van der Waals surface area contributed by atoms with Crippen LogP contribution in [0.2, 0.25) is 0 Å². The molecule has 322 valence electrons. The van der Waals surface area contributed by atoms with Gasteiger partial charge < -0.3 is 14.2 Å². The van der Waals surface area contributed by atoms with E-state index in [0.29, 0.717) is 19.3 Å². The second-order valence-corrected chi connectivity index (χ2v) is 15.3. The van der Waals surface area contributed by atoms with Crippen LogP contribution in [0.1, 0.15) is 220 Å². The lowest BCUT2D eigenvalue weighted by atomic mass is 10.1. The maximum absolute atomic E-state index is 12.6. The van der Waals surface area contributed by atoms with Gasteiger partial charge in [-0.2, -0.15) is 0 Å². The lowest BCUT2D eigenvalue weighted by Crippen LogP contribution is -2.30. The summed E-state index contributed by atoms with van der Waals surface area (Å²) in [6.45, 7) is 6.40. The molecule has 0 aromatic heterocycles. The van der Waals surface area contributed by atoms with Gasteiger partial charge in [0.25, 0.3) is 0 Å². The van der Waals surface area contributed by atoms with E-state index in [2.05, 4.69) is 81.5 Å². The topological polar surface area (TPSA) is 78.9 Å². The molecule has 0 spiro atoms. The molecule has 0 radical (unpaired) electrons. The van der Waals surface area contributed by atoms with Crippen molar-refractivity contribution in [2.75, 3.05) is 13.2 Å². The Labute approximate surface area is 345 Å². The predicted octanol–water partition coefficient (Wildman–Crippen LogP) is 14.9. The van der Waals surface area contributed by atoms with E-state index in [-0.39, 0.29) is 31.1 Å². The van der Waals surface area contributed by atoms with Crippen LogP contribution in [-0.2, 0) is 28.6 Å². The highest BCUT2D eigenvalue weighted by Crippen LogP contribution is 2.14. The summed E-state index contributed by atoms with van der Waals surface area (Å²) in [7, 11) is 0. The third-order valence-electron chi connectivity index (χ3n) is 9.79. The minimum atomic E-state index is -0.767. The molecule has 56 heavy (non-hydrogen) atoms. The Balaban J connectivity index is 4.05. The molecule has 0 amide bonds. The molecule has 0 bridgehead atoms. The van der Waals surface area contributed by atoms with Gasteiger partial charge in [0.1, 0.15) is 13.2 Å². The summed E-state index contributed by atoms with van der Waals surface area (Å²) in [5.74, 6) is -0.901. The van der Waals surface area contributed by atoms with Gasteiger partial charge in [-0.1, -0.05) is 197 Å². The van der Waals surface area contributed by atoms with Gasteiger partial charge in [0, 0.05) is 19.3 Å². The van der Waals surface area contributed by atoms with Gasteiger partial charge in [-0.25, -0.2) is 0 Å². The van der Waals surface area contributed by atoms with E-state index in [1.54, 1.807) is 0 Å². The number of hydrogen-bond donors (Lipinski definition) is 0. The maximum atomic E-state index is 12.6. The smallest absolute Gasteiger partial charge is 0.306 e. The van der Waals surface area contributed by atoms with E-state index in [4.69, 9.17) is 14.2 Å². The summed E-state index contributed by atoms with van der Waals surface area (Å²) in [5.41, 5.74) is 0. The van der Waals surface area contributed by atoms with E-state index >= 15 is 0 Å². The fourth-order valence-electron chi connectivity index (χ4n) is 6.29. The first kappa shape index (κ1) is 53.1. The number of rotatable bonds is 41. The molecule has 0 aromatic rings. The van der Waals surface area contributed by atoms with E-state index in [9.17, 15) is 14.4 Å². The first-order valence-electron chi connectivity index (χ1n) is 23.3. The molecule has 1 unspecified atom stereocenters. The van der Waals surface area contributed by atoms with Crippen molar-refractivity contribution in [3.05, 3.63) is 60.8 Å². The molecule has 0 aliphatic rings. The summed E-state index contributed by atoms with van der Waals surface area (Å²) < 4.78 is 16.6. The van der Waals surface area contributed by atoms with Crippen LogP contribution in [0.15, 0.2) is 60.8 Å². The summed E-state index contributed by atoms with van der Waals surface area (Å²) >= 11 is 0. The van der Waals surface area contributed by atoms with Crippen LogP contribution in [-0.4, -0.2) is 37.2 Å². The summed E-state index contributed by atoms with van der Waals surface area (Å²) in [4.78, 5) is 37.4.